The first-order chi connectivity index (χ1) is 17.5. The van der Waals surface area contributed by atoms with Crippen molar-refractivity contribution in [2.75, 3.05) is 14.1 Å². The van der Waals surface area contributed by atoms with Gasteiger partial charge in [-0.25, -0.2) is 4.98 Å². The van der Waals surface area contributed by atoms with E-state index in [9.17, 15) is 4.79 Å². The zero-order valence-corrected chi connectivity index (χ0v) is 20.5. The number of carbonyl (C=O) groups is 1. The Balaban J connectivity index is 1.31. The van der Waals surface area contributed by atoms with Crippen LogP contribution in [0.4, 0.5) is 0 Å². The fraction of sp³-hybridized carbons (Fsp3) is 0.276. The van der Waals surface area contributed by atoms with Gasteiger partial charge in [0.1, 0.15) is 0 Å². The molecule has 1 N–H and O–H groups in total. The molecule has 1 aliphatic heterocycles. The number of imidazole rings is 1. The van der Waals surface area contributed by atoms with Crippen LogP contribution in [0.3, 0.4) is 0 Å². The molecule has 180 valence electrons. The Morgan fingerprint density at radius 3 is 2.69 bits per heavy atom. The number of hydrogen-bond acceptors (Lipinski definition) is 4. The van der Waals surface area contributed by atoms with Gasteiger partial charge in [-0.3, -0.25) is 9.36 Å². The number of nitrogens with one attached hydrogen (secondary N) is 1. The van der Waals surface area contributed by atoms with Crippen molar-refractivity contribution in [2.24, 2.45) is 0 Å². The lowest BCUT2D eigenvalue weighted by Gasteiger charge is -2.19. The molecule has 7 nitrogen and oxygen atoms in total. The predicted molar refractivity (Wildman–Crippen MR) is 139 cm³/mol. The van der Waals surface area contributed by atoms with Crippen LogP contribution < -0.4 is 5.32 Å². The van der Waals surface area contributed by atoms with Gasteiger partial charge < -0.3 is 14.8 Å². The first kappa shape index (κ1) is 22.3. The molecular formula is C29H28N6O. The van der Waals surface area contributed by atoms with Crippen LogP contribution in [0, 0.1) is 11.3 Å². The smallest absolute Gasteiger partial charge is 0.251 e. The summed E-state index contributed by atoms with van der Waals surface area (Å²) in [6.07, 6.45) is 9.03. The van der Waals surface area contributed by atoms with Gasteiger partial charge in [-0.05, 0) is 80.9 Å². The van der Waals surface area contributed by atoms with E-state index in [-0.39, 0.29) is 11.9 Å². The molecule has 7 heteroatoms. The van der Waals surface area contributed by atoms with Gasteiger partial charge in [0.15, 0.2) is 5.82 Å². The second-order valence-corrected chi connectivity index (χ2v) is 10.00. The molecule has 2 atom stereocenters. The molecule has 0 spiro atoms. The highest BCUT2D eigenvalue weighted by atomic mass is 16.1. The van der Waals surface area contributed by atoms with Crippen molar-refractivity contribution in [3.05, 3.63) is 83.8 Å². The Morgan fingerprint density at radius 2 is 1.94 bits per heavy atom. The summed E-state index contributed by atoms with van der Waals surface area (Å²) in [4.78, 5) is 20.1. The number of hydrogen-bond donors (Lipinski definition) is 1. The van der Waals surface area contributed by atoms with Gasteiger partial charge >= 0.3 is 0 Å². The maximum Gasteiger partial charge on any atom is 0.251 e. The van der Waals surface area contributed by atoms with Gasteiger partial charge in [0.05, 0.1) is 23.0 Å². The molecule has 1 amide bonds. The summed E-state index contributed by atoms with van der Waals surface area (Å²) in [6.45, 7) is 0.636. The maximum absolute atomic E-state index is 13.2. The molecule has 2 aromatic carbocycles. The number of benzene rings is 2. The van der Waals surface area contributed by atoms with Gasteiger partial charge in [-0.2, -0.15) is 5.26 Å². The van der Waals surface area contributed by atoms with Crippen molar-refractivity contribution in [1.82, 2.24) is 24.3 Å². The quantitative estimate of drug-likeness (QED) is 0.416. The molecule has 0 unspecified atom stereocenters. The lowest BCUT2D eigenvalue weighted by molar-refractivity contribution is 0.0936. The van der Waals surface area contributed by atoms with E-state index < -0.39 is 0 Å². The first-order valence-corrected chi connectivity index (χ1v) is 12.3. The number of carbonyl (C=O) groups excluding carboxylic acids is 1. The number of nitriles is 1. The van der Waals surface area contributed by atoms with E-state index in [1.807, 2.05) is 54.9 Å². The zero-order valence-electron chi connectivity index (χ0n) is 20.5. The SMILES string of the molecule is CN(C)[C@@H]1CC[C@@H](NC(=O)c2ccc3c(c2)Cn2cc(-c4ccc(C#N)cc4)cc2-c2nccn2-3)C1. The molecule has 2 aliphatic rings. The standard InChI is InChI=1S/C29H28N6O/c1-33(2)25-9-8-24(15-25)32-29(36)21-7-10-26-23(13-21)18-34-17-22(20-5-3-19(16-30)4-6-20)14-27(34)28-31-11-12-35(26)28/h3-7,10-14,17,24-25H,8-9,15,18H2,1-2H3,(H,32,36)/t24-,25-/m1/s1. The largest absolute Gasteiger partial charge is 0.349 e. The maximum atomic E-state index is 13.2. The van der Waals surface area contributed by atoms with E-state index in [0.29, 0.717) is 23.7 Å². The van der Waals surface area contributed by atoms with E-state index >= 15 is 0 Å². The number of aromatic nitrogens is 3. The van der Waals surface area contributed by atoms with Gasteiger partial charge in [0, 0.05) is 48.3 Å². The van der Waals surface area contributed by atoms with Crippen LogP contribution in [0.25, 0.3) is 28.3 Å². The second kappa shape index (κ2) is 8.81. The summed E-state index contributed by atoms with van der Waals surface area (Å²) >= 11 is 0. The van der Waals surface area contributed by atoms with Crippen LogP contribution >= 0.6 is 0 Å². The summed E-state index contributed by atoms with van der Waals surface area (Å²) in [5.41, 5.74) is 6.57. The number of rotatable bonds is 4. The van der Waals surface area contributed by atoms with E-state index in [2.05, 4.69) is 56.8 Å². The molecule has 0 bridgehead atoms. The molecule has 1 aliphatic carbocycles. The van der Waals surface area contributed by atoms with Crippen molar-refractivity contribution in [2.45, 2.75) is 37.9 Å². The Hall–Kier alpha value is -4.15. The second-order valence-electron chi connectivity index (χ2n) is 10.00. The van der Waals surface area contributed by atoms with E-state index in [1.54, 1.807) is 0 Å². The van der Waals surface area contributed by atoms with Crippen molar-refractivity contribution in [3.8, 4) is 34.4 Å². The van der Waals surface area contributed by atoms with E-state index in [1.165, 1.54) is 0 Å². The fourth-order valence-electron chi connectivity index (χ4n) is 5.51. The highest BCUT2D eigenvalue weighted by Crippen LogP contribution is 2.34. The lowest BCUT2D eigenvalue weighted by Crippen LogP contribution is -2.35. The van der Waals surface area contributed by atoms with Crippen molar-refractivity contribution >= 4 is 5.91 Å². The van der Waals surface area contributed by atoms with Gasteiger partial charge in [-0.1, -0.05) is 12.1 Å². The molecule has 0 radical (unpaired) electrons. The van der Waals surface area contributed by atoms with Gasteiger partial charge in [0.2, 0.25) is 0 Å². The highest BCUT2D eigenvalue weighted by Gasteiger charge is 2.28. The zero-order chi connectivity index (χ0) is 24.8. The summed E-state index contributed by atoms with van der Waals surface area (Å²) in [5, 5.41) is 12.4. The summed E-state index contributed by atoms with van der Waals surface area (Å²) in [6, 6.07) is 18.6. The molecular weight excluding hydrogens is 448 g/mol. The molecule has 6 rings (SSSR count). The molecule has 4 aromatic rings. The Labute approximate surface area is 210 Å². The normalized spacial score (nSPS) is 18.2. The van der Waals surface area contributed by atoms with Crippen LogP contribution in [-0.4, -0.2) is 51.1 Å². The van der Waals surface area contributed by atoms with Crippen molar-refractivity contribution in [1.29, 1.82) is 5.26 Å². The fourth-order valence-corrected chi connectivity index (χ4v) is 5.51. The summed E-state index contributed by atoms with van der Waals surface area (Å²) in [5.74, 6) is 0.856. The third-order valence-corrected chi connectivity index (χ3v) is 7.53. The minimum Gasteiger partial charge on any atom is -0.349 e. The van der Waals surface area contributed by atoms with Crippen LogP contribution in [0.15, 0.2) is 67.1 Å². The van der Waals surface area contributed by atoms with Crippen LogP contribution in [0.1, 0.15) is 40.7 Å². The molecule has 0 saturated heterocycles. The Morgan fingerprint density at radius 1 is 1.11 bits per heavy atom. The average Bonchev–Trinajstić information content (AvgIpc) is 3.63. The first-order valence-electron chi connectivity index (χ1n) is 12.3. The predicted octanol–water partition coefficient (Wildman–Crippen LogP) is 4.45. The Kier molecular flexibility index (Phi) is 5.46. The number of amides is 1. The molecule has 1 saturated carbocycles. The summed E-state index contributed by atoms with van der Waals surface area (Å²) in [7, 11) is 4.21. The van der Waals surface area contributed by atoms with E-state index in [0.717, 1.165) is 53.2 Å². The molecule has 36 heavy (non-hydrogen) atoms. The van der Waals surface area contributed by atoms with Gasteiger partial charge in [-0.15, -0.1) is 0 Å². The minimum atomic E-state index is -0.0108. The van der Waals surface area contributed by atoms with Crippen molar-refractivity contribution in [3.63, 3.8) is 0 Å². The Bertz CT molecular complexity index is 1490. The topological polar surface area (TPSA) is 78.9 Å². The van der Waals surface area contributed by atoms with Crippen LogP contribution in [0.5, 0.6) is 0 Å². The molecule has 1 fully saturated rings. The monoisotopic (exact) mass is 476 g/mol. The highest BCUT2D eigenvalue weighted by molar-refractivity contribution is 5.95. The summed E-state index contributed by atoms with van der Waals surface area (Å²) < 4.78 is 4.29. The molecule has 3 heterocycles. The third kappa shape index (κ3) is 3.90. The van der Waals surface area contributed by atoms with Crippen LogP contribution in [0.2, 0.25) is 0 Å². The van der Waals surface area contributed by atoms with Gasteiger partial charge in [0.25, 0.3) is 5.91 Å². The van der Waals surface area contributed by atoms with Crippen molar-refractivity contribution < 1.29 is 4.79 Å². The average molecular weight is 477 g/mol. The number of fused-ring (bicyclic) bond motifs is 5. The lowest BCUT2D eigenvalue weighted by atomic mass is 10.1. The molecule has 2 aromatic heterocycles. The minimum absolute atomic E-state index is 0.0108. The van der Waals surface area contributed by atoms with Crippen LogP contribution in [-0.2, 0) is 6.54 Å². The number of nitrogens with zero attached hydrogens (tertiary/aromatic N) is 5. The third-order valence-electron chi connectivity index (χ3n) is 7.53. The van der Waals surface area contributed by atoms with E-state index in [4.69, 9.17) is 5.26 Å².